The third-order valence-electron chi connectivity index (χ3n) is 2.32. The van der Waals surface area contributed by atoms with Gasteiger partial charge in [0.15, 0.2) is 0 Å². The molecule has 1 rings (SSSR count). The first-order valence-electron chi connectivity index (χ1n) is 5.26. The maximum Gasteiger partial charge on any atom is 0.0445 e. The largest absolute Gasteiger partial charge is 0.368 e. The van der Waals surface area contributed by atoms with Gasteiger partial charge in [0, 0.05) is 43.3 Å². The fourth-order valence-electron chi connectivity index (χ4n) is 1.61. The molecule has 15 heavy (non-hydrogen) atoms. The third-order valence-corrected chi connectivity index (χ3v) is 2.32. The zero-order chi connectivity index (χ0) is 11.1. The maximum absolute atomic E-state index is 4.15. The number of rotatable bonds is 6. The normalized spacial score (nSPS) is 10.0. The first-order valence-corrected chi connectivity index (χ1v) is 5.26. The van der Waals surface area contributed by atoms with E-state index in [2.05, 4.69) is 34.8 Å². The van der Waals surface area contributed by atoms with Crippen molar-refractivity contribution in [3.63, 3.8) is 0 Å². The van der Waals surface area contributed by atoms with Crippen LogP contribution in [0.3, 0.4) is 0 Å². The van der Waals surface area contributed by atoms with Crippen LogP contribution in [0.4, 0.5) is 5.69 Å². The Balaban J connectivity index is 2.93. The lowest BCUT2D eigenvalue weighted by molar-refractivity contribution is 0.798. The van der Waals surface area contributed by atoms with E-state index in [4.69, 9.17) is 0 Å². The molecule has 0 amide bonds. The molecule has 0 spiro atoms. The van der Waals surface area contributed by atoms with E-state index in [1.165, 1.54) is 11.3 Å². The quantitative estimate of drug-likeness (QED) is 0.718. The van der Waals surface area contributed by atoms with Gasteiger partial charge in [-0.15, -0.1) is 6.58 Å². The van der Waals surface area contributed by atoms with Crippen LogP contribution >= 0.6 is 0 Å². The monoisotopic (exact) mass is 205 g/mol. The summed E-state index contributed by atoms with van der Waals surface area (Å²) in [6, 6.07) is 2.06. The van der Waals surface area contributed by atoms with Gasteiger partial charge in [-0.2, -0.15) is 0 Å². The molecule has 0 aliphatic heterocycles. The average molecular weight is 205 g/mol. The maximum atomic E-state index is 4.15. The summed E-state index contributed by atoms with van der Waals surface area (Å²) < 4.78 is 0. The summed E-state index contributed by atoms with van der Waals surface area (Å²) in [5, 5.41) is 3.15. The standard InChI is InChI=1S/C12H19N3/c1-4-8-15(5-2)12-6-7-14-10-11(12)9-13-3/h4,6-7,10,13H,1,5,8-9H2,2-3H3. The predicted octanol–water partition coefficient (Wildman–Crippen LogP) is 1.81. The molecule has 0 fully saturated rings. The first-order chi connectivity index (χ1) is 7.33. The Morgan fingerprint density at radius 2 is 2.40 bits per heavy atom. The van der Waals surface area contributed by atoms with Crippen LogP contribution in [0.1, 0.15) is 12.5 Å². The Hall–Kier alpha value is -1.35. The molecular formula is C12H19N3. The topological polar surface area (TPSA) is 28.2 Å². The minimum Gasteiger partial charge on any atom is -0.368 e. The highest BCUT2D eigenvalue weighted by molar-refractivity contribution is 5.52. The van der Waals surface area contributed by atoms with Crippen molar-refractivity contribution in [2.45, 2.75) is 13.5 Å². The molecule has 0 radical (unpaired) electrons. The van der Waals surface area contributed by atoms with E-state index in [0.29, 0.717) is 0 Å². The van der Waals surface area contributed by atoms with Crippen molar-refractivity contribution >= 4 is 5.69 Å². The highest BCUT2D eigenvalue weighted by Gasteiger charge is 2.07. The molecule has 1 aromatic heterocycles. The molecular weight excluding hydrogens is 186 g/mol. The number of hydrogen-bond acceptors (Lipinski definition) is 3. The summed E-state index contributed by atoms with van der Waals surface area (Å²) in [4.78, 5) is 6.43. The number of likely N-dealkylation sites (N-methyl/N-ethyl adjacent to an activating group) is 1. The van der Waals surface area contributed by atoms with Gasteiger partial charge >= 0.3 is 0 Å². The molecule has 0 bridgehead atoms. The van der Waals surface area contributed by atoms with Gasteiger partial charge in [-0.3, -0.25) is 4.98 Å². The lowest BCUT2D eigenvalue weighted by Crippen LogP contribution is -2.24. The molecule has 1 heterocycles. The molecule has 0 aliphatic carbocycles. The minimum absolute atomic E-state index is 0.844. The van der Waals surface area contributed by atoms with Crippen LogP contribution in [-0.4, -0.2) is 25.1 Å². The number of pyridine rings is 1. The summed E-state index contributed by atoms with van der Waals surface area (Å²) in [5.41, 5.74) is 2.46. The molecule has 0 saturated carbocycles. The minimum atomic E-state index is 0.844. The van der Waals surface area contributed by atoms with Crippen LogP contribution in [0.5, 0.6) is 0 Å². The Morgan fingerprint density at radius 1 is 1.60 bits per heavy atom. The highest BCUT2D eigenvalue weighted by atomic mass is 15.1. The van der Waals surface area contributed by atoms with E-state index in [1.807, 2.05) is 25.5 Å². The number of nitrogens with one attached hydrogen (secondary N) is 1. The molecule has 0 saturated heterocycles. The molecule has 1 N–H and O–H groups in total. The van der Waals surface area contributed by atoms with E-state index in [-0.39, 0.29) is 0 Å². The third kappa shape index (κ3) is 3.06. The number of anilines is 1. The Morgan fingerprint density at radius 3 is 3.00 bits per heavy atom. The van der Waals surface area contributed by atoms with E-state index < -0.39 is 0 Å². The van der Waals surface area contributed by atoms with E-state index in [0.717, 1.165) is 19.6 Å². The van der Waals surface area contributed by atoms with Gasteiger partial charge in [0.25, 0.3) is 0 Å². The van der Waals surface area contributed by atoms with Crippen LogP contribution in [0.15, 0.2) is 31.1 Å². The van der Waals surface area contributed by atoms with Crippen LogP contribution in [0.2, 0.25) is 0 Å². The number of nitrogens with zero attached hydrogens (tertiary/aromatic N) is 2. The molecule has 0 unspecified atom stereocenters. The zero-order valence-electron chi connectivity index (χ0n) is 9.53. The Kier molecular flexibility index (Phi) is 4.84. The van der Waals surface area contributed by atoms with Crippen molar-refractivity contribution in [2.24, 2.45) is 0 Å². The average Bonchev–Trinajstić information content (AvgIpc) is 2.27. The fraction of sp³-hybridized carbons (Fsp3) is 0.417. The smallest absolute Gasteiger partial charge is 0.0445 e. The summed E-state index contributed by atoms with van der Waals surface area (Å²) in [6.45, 7) is 8.62. The molecule has 0 atom stereocenters. The van der Waals surface area contributed by atoms with Gasteiger partial charge in [0.05, 0.1) is 0 Å². The first kappa shape index (κ1) is 11.7. The zero-order valence-corrected chi connectivity index (χ0v) is 9.53. The fourth-order valence-corrected chi connectivity index (χ4v) is 1.61. The lowest BCUT2D eigenvalue weighted by Gasteiger charge is -2.23. The molecule has 3 heteroatoms. The van der Waals surface area contributed by atoms with Gasteiger partial charge in [-0.05, 0) is 20.0 Å². The van der Waals surface area contributed by atoms with Crippen molar-refractivity contribution < 1.29 is 0 Å². The van der Waals surface area contributed by atoms with Crippen LogP contribution in [-0.2, 0) is 6.54 Å². The van der Waals surface area contributed by atoms with E-state index in [9.17, 15) is 0 Å². The lowest BCUT2D eigenvalue weighted by atomic mass is 10.2. The number of aromatic nitrogens is 1. The second-order valence-electron chi connectivity index (χ2n) is 3.36. The predicted molar refractivity (Wildman–Crippen MR) is 65.1 cm³/mol. The van der Waals surface area contributed by atoms with Gasteiger partial charge in [0.1, 0.15) is 0 Å². The van der Waals surface area contributed by atoms with Gasteiger partial charge in [-0.1, -0.05) is 6.08 Å². The van der Waals surface area contributed by atoms with Crippen molar-refractivity contribution in [3.8, 4) is 0 Å². The molecule has 0 aromatic carbocycles. The second kappa shape index (κ2) is 6.19. The van der Waals surface area contributed by atoms with Crippen LogP contribution in [0.25, 0.3) is 0 Å². The highest BCUT2D eigenvalue weighted by Crippen LogP contribution is 2.18. The Bertz CT molecular complexity index is 309. The molecule has 82 valence electrons. The van der Waals surface area contributed by atoms with Gasteiger partial charge in [0.2, 0.25) is 0 Å². The van der Waals surface area contributed by atoms with Gasteiger partial charge in [-0.25, -0.2) is 0 Å². The van der Waals surface area contributed by atoms with Crippen molar-refractivity contribution in [1.82, 2.24) is 10.3 Å². The summed E-state index contributed by atoms with van der Waals surface area (Å²) in [7, 11) is 1.95. The van der Waals surface area contributed by atoms with Crippen LogP contribution in [0, 0.1) is 0 Å². The van der Waals surface area contributed by atoms with Crippen molar-refractivity contribution in [2.75, 3.05) is 25.0 Å². The van der Waals surface area contributed by atoms with Crippen LogP contribution < -0.4 is 10.2 Å². The summed E-state index contributed by atoms with van der Waals surface area (Å²) in [5.74, 6) is 0. The second-order valence-corrected chi connectivity index (χ2v) is 3.36. The summed E-state index contributed by atoms with van der Waals surface area (Å²) >= 11 is 0. The van der Waals surface area contributed by atoms with Crippen molar-refractivity contribution in [1.29, 1.82) is 0 Å². The van der Waals surface area contributed by atoms with E-state index >= 15 is 0 Å². The molecule has 1 aromatic rings. The summed E-state index contributed by atoms with van der Waals surface area (Å²) in [6.07, 6.45) is 5.67. The molecule has 0 aliphatic rings. The van der Waals surface area contributed by atoms with Gasteiger partial charge < -0.3 is 10.2 Å². The Labute approximate surface area is 91.8 Å². The number of hydrogen-bond donors (Lipinski definition) is 1. The van der Waals surface area contributed by atoms with Crippen molar-refractivity contribution in [3.05, 3.63) is 36.7 Å². The van der Waals surface area contributed by atoms with E-state index in [1.54, 1.807) is 0 Å². The molecule has 3 nitrogen and oxygen atoms in total. The SMILES string of the molecule is C=CCN(CC)c1ccncc1CNC.